The van der Waals surface area contributed by atoms with Gasteiger partial charge in [-0.25, -0.2) is 4.79 Å². The molecule has 0 saturated carbocycles. The van der Waals surface area contributed by atoms with E-state index in [2.05, 4.69) is 16.0 Å². The number of primary amides is 3. The Labute approximate surface area is 213 Å². The summed E-state index contributed by atoms with van der Waals surface area (Å²) in [6.45, 7) is 0.305. The van der Waals surface area contributed by atoms with Crippen molar-refractivity contribution in [1.29, 1.82) is 0 Å². The highest BCUT2D eigenvalue weighted by atomic mass is 16.4. The number of rotatable bonds is 20. The number of hydrogen-bond acceptors (Lipinski definition) is 9. The predicted octanol–water partition coefficient (Wildman–Crippen LogP) is -4.22. The van der Waals surface area contributed by atoms with Crippen molar-refractivity contribution in [1.82, 2.24) is 16.0 Å². The van der Waals surface area contributed by atoms with Gasteiger partial charge in [0.15, 0.2) is 0 Å². The summed E-state index contributed by atoms with van der Waals surface area (Å²) in [5.74, 6) is -6.08. The average molecular weight is 531 g/mol. The Kier molecular flexibility index (Phi) is 15.8. The molecule has 0 spiro atoms. The summed E-state index contributed by atoms with van der Waals surface area (Å²) in [6, 6.07) is -5.18. The molecule has 0 saturated heterocycles. The smallest absolute Gasteiger partial charge is 0.326 e. The van der Waals surface area contributed by atoms with Crippen molar-refractivity contribution in [3.8, 4) is 0 Å². The normalized spacial score (nSPS) is 13.9. The maximum absolute atomic E-state index is 13.0. The Bertz CT molecular complexity index is 837. The number of aliphatic carboxylic acids is 1. The Morgan fingerprint density at radius 3 is 1.46 bits per heavy atom. The molecular weight excluding hydrogens is 492 g/mol. The van der Waals surface area contributed by atoms with Crippen LogP contribution in [-0.2, 0) is 33.6 Å². The summed E-state index contributed by atoms with van der Waals surface area (Å²) in [5, 5.41) is 16.4. The fourth-order valence-corrected chi connectivity index (χ4v) is 3.11. The fourth-order valence-electron chi connectivity index (χ4n) is 3.11. The number of carboxylic acids is 1. The lowest BCUT2D eigenvalue weighted by molar-refractivity contribution is -0.142. The van der Waals surface area contributed by atoms with Crippen molar-refractivity contribution in [2.75, 3.05) is 6.54 Å². The molecule has 0 aliphatic carbocycles. The van der Waals surface area contributed by atoms with Gasteiger partial charge in [0.05, 0.1) is 6.04 Å². The van der Waals surface area contributed by atoms with E-state index in [1.165, 1.54) is 0 Å². The van der Waals surface area contributed by atoms with Crippen LogP contribution in [0.15, 0.2) is 0 Å². The lowest BCUT2D eigenvalue weighted by atomic mass is 10.0. The first kappa shape index (κ1) is 33.2. The van der Waals surface area contributed by atoms with E-state index in [0.717, 1.165) is 0 Å². The van der Waals surface area contributed by atoms with Crippen LogP contribution in [0.4, 0.5) is 0 Å². The monoisotopic (exact) mass is 530 g/mol. The zero-order chi connectivity index (χ0) is 28.5. The van der Waals surface area contributed by atoms with Gasteiger partial charge in [-0.3, -0.25) is 28.8 Å². The molecule has 4 unspecified atom stereocenters. The van der Waals surface area contributed by atoms with E-state index in [1.807, 2.05) is 0 Å². The van der Waals surface area contributed by atoms with Crippen LogP contribution in [0.2, 0.25) is 0 Å². The standard InChI is InChI=1S/C21H38N8O8/c22-10-2-1-3-12(19(34)29-14(21(36)37)6-9-17(26)32)28-20(35)13(5-8-16(25)31)27-18(33)11(23)4-7-15(24)30/h11-14H,1-10,22-23H2,(H2,24,30)(H2,25,31)(H2,26,32)(H,27,33)(H,28,35)(H,29,34)(H,36,37). The first-order valence-electron chi connectivity index (χ1n) is 11.7. The second-order valence-electron chi connectivity index (χ2n) is 8.43. The van der Waals surface area contributed by atoms with Crippen molar-refractivity contribution in [2.45, 2.75) is 82.0 Å². The zero-order valence-electron chi connectivity index (χ0n) is 20.6. The Morgan fingerprint density at radius 2 is 1.00 bits per heavy atom. The van der Waals surface area contributed by atoms with Crippen LogP contribution >= 0.6 is 0 Å². The topological polar surface area (TPSA) is 306 Å². The first-order chi connectivity index (χ1) is 17.3. The molecule has 0 radical (unpaired) electrons. The van der Waals surface area contributed by atoms with Crippen LogP contribution in [-0.4, -0.2) is 77.2 Å². The first-order valence-corrected chi connectivity index (χ1v) is 11.7. The molecule has 14 N–H and O–H groups in total. The molecule has 0 aromatic rings. The van der Waals surface area contributed by atoms with Crippen molar-refractivity contribution in [3.05, 3.63) is 0 Å². The van der Waals surface area contributed by atoms with Crippen LogP contribution in [0, 0.1) is 0 Å². The van der Waals surface area contributed by atoms with Gasteiger partial charge in [-0.2, -0.15) is 0 Å². The third kappa shape index (κ3) is 15.0. The van der Waals surface area contributed by atoms with Gasteiger partial charge < -0.3 is 49.7 Å². The molecule has 0 aromatic carbocycles. The lowest BCUT2D eigenvalue weighted by Gasteiger charge is -2.25. The number of nitrogens with two attached hydrogens (primary N) is 5. The molecule has 16 nitrogen and oxygen atoms in total. The second-order valence-corrected chi connectivity index (χ2v) is 8.43. The number of nitrogens with one attached hydrogen (secondary N) is 3. The van der Waals surface area contributed by atoms with Gasteiger partial charge in [-0.15, -0.1) is 0 Å². The number of carbonyl (C=O) groups excluding carboxylic acids is 6. The van der Waals surface area contributed by atoms with Crippen molar-refractivity contribution in [2.24, 2.45) is 28.7 Å². The van der Waals surface area contributed by atoms with Crippen molar-refractivity contribution >= 4 is 41.4 Å². The van der Waals surface area contributed by atoms with E-state index < -0.39 is 65.6 Å². The van der Waals surface area contributed by atoms with E-state index in [9.17, 15) is 38.7 Å². The summed E-state index contributed by atoms with van der Waals surface area (Å²) < 4.78 is 0. The quantitative estimate of drug-likeness (QED) is 0.0683. The third-order valence-electron chi connectivity index (χ3n) is 5.22. The number of amides is 6. The number of carbonyl (C=O) groups is 7. The maximum atomic E-state index is 13.0. The summed E-state index contributed by atoms with van der Waals surface area (Å²) in [6.07, 6.45) is -0.348. The SMILES string of the molecule is NCCCCC(NC(=O)C(CCC(N)=O)NC(=O)C(N)CCC(N)=O)C(=O)NC(CCC(N)=O)C(=O)O. The molecule has 37 heavy (non-hydrogen) atoms. The molecule has 0 aliphatic rings. The van der Waals surface area contributed by atoms with Gasteiger partial charge >= 0.3 is 5.97 Å². The molecule has 0 aromatic heterocycles. The van der Waals surface area contributed by atoms with Gasteiger partial charge in [-0.1, -0.05) is 0 Å². The molecule has 4 atom stereocenters. The number of carboxylic acid groups (broad SMARTS) is 1. The van der Waals surface area contributed by atoms with Crippen LogP contribution in [0.1, 0.15) is 57.8 Å². The predicted molar refractivity (Wildman–Crippen MR) is 130 cm³/mol. The van der Waals surface area contributed by atoms with E-state index >= 15 is 0 Å². The molecule has 16 heteroatoms. The maximum Gasteiger partial charge on any atom is 0.326 e. The molecule has 6 amide bonds. The highest BCUT2D eigenvalue weighted by Crippen LogP contribution is 2.07. The van der Waals surface area contributed by atoms with E-state index in [4.69, 9.17) is 28.7 Å². The molecule has 0 aliphatic heterocycles. The largest absolute Gasteiger partial charge is 0.480 e. The molecule has 0 rings (SSSR count). The summed E-state index contributed by atoms with van der Waals surface area (Å²) in [4.78, 5) is 82.9. The van der Waals surface area contributed by atoms with Crippen molar-refractivity contribution in [3.63, 3.8) is 0 Å². The van der Waals surface area contributed by atoms with Crippen LogP contribution in [0.5, 0.6) is 0 Å². The van der Waals surface area contributed by atoms with Gasteiger partial charge in [0, 0.05) is 19.3 Å². The molecule has 0 heterocycles. The highest BCUT2D eigenvalue weighted by molar-refractivity contribution is 5.94. The van der Waals surface area contributed by atoms with E-state index in [1.54, 1.807) is 0 Å². The zero-order valence-corrected chi connectivity index (χ0v) is 20.6. The van der Waals surface area contributed by atoms with Crippen molar-refractivity contribution < 1.29 is 38.7 Å². The average Bonchev–Trinajstić information content (AvgIpc) is 2.81. The minimum atomic E-state index is -1.44. The highest BCUT2D eigenvalue weighted by Gasteiger charge is 2.30. The number of hydrogen-bond donors (Lipinski definition) is 9. The minimum Gasteiger partial charge on any atom is -0.480 e. The van der Waals surface area contributed by atoms with Crippen LogP contribution in [0.3, 0.4) is 0 Å². The Morgan fingerprint density at radius 1 is 0.595 bits per heavy atom. The second kappa shape index (κ2) is 17.6. The Hall–Kier alpha value is -3.79. The minimum absolute atomic E-state index is 0.0749. The van der Waals surface area contributed by atoms with E-state index in [-0.39, 0.29) is 44.9 Å². The fraction of sp³-hybridized carbons (Fsp3) is 0.667. The summed E-state index contributed by atoms with van der Waals surface area (Å²) >= 11 is 0. The van der Waals surface area contributed by atoms with Gasteiger partial charge in [-0.05, 0) is 45.1 Å². The van der Waals surface area contributed by atoms with E-state index in [0.29, 0.717) is 19.4 Å². The lowest BCUT2D eigenvalue weighted by Crippen LogP contribution is -2.57. The van der Waals surface area contributed by atoms with Crippen LogP contribution < -0.4 is 44.6 Å². The molecular formula is C21H38N8O8. The van der Waals surface area contributed by atoms with Gasteiger partial charge in [0.25, 0.3) is 0 Å². The van der Waals surface area contributed by atoms with Gasteiger partial charge in [0.2, 0.25) is 35.4 Å². The summed E-state index contributed by atoms with van der Waals surface area (Å²) in [7, 11) is 0. The van der Waals surface area contributed by atoms with Gasteiger partial charge in [0.1, 0.15) is 18.1 Å². The summed E-state index contributed by atoms with van der Waals surface area (Å²) in [5.41, 5.74) is 26.4. The third-order valence-corrected chi connectivity index (χ3v) is 5.22. The Balaban J connectivity index is 5.58. The molecule has 0 fully saturated rings. The molecule has 0 bridgehead atoms. The molecule has 210 valence electrons. The number of unbranched alkanes of at least 4 members (excludes halogenated alkanes) is 1. The van der Waals surface area contributed by atoms with Crippen LogP contribution in [0.25, 0.3) is 0 Å².